The number of nitrogens with two attached hydrogens (primary N) is 1. The highest BCUT2D eigenvalue weighted by Gasteiger charge is 2.33. The molecule has 0 aliphatic heterocycles. The number of rotatable bonds is 5. The number of guanidine groups is 1. The van der Waals surface area contributed by atoms with Crippen molar-refractivity contribution >= 4 is 35.3 Å². The average molecular weight is 392 g/mol. The Balaban J connectivity index is 2.30. The molecule has 0 radical (unpaired) electrons. The molecule has 7 nitrogen and oxygen atoms in total. The zero-order chi connectivity index (χ0) is 20.9. The summed E-state index contributed by atoms with van der Waals surface area (Å²) in [5.74, 6) is -2.39. The Labute approximate surface area is 157 Å². The van der Waals surface area contributed by atoms with E-state index in [0.29, 0.717) is 11.8 Å². The van der Waals surface area contributed by atoms with Crippen LogP contribution in [0, 0.1) is 5.41 Å². The Hall–Kier alpha value is -3.82. The molecule has 6 N–H and O–H groups in total. The van der Waals surface area contributed by atoms with E-state index in [4.69, 9.17) is 16.2 Å². The molecule has 28 heavy (non-hydrogen) atoms. The van der Waals surface area contributed by atoms with Gasteiger partial charge in [0.15, 0.2) is 5.96 Å². The molecular weight excluding hydrogens is 377 g/mol. The van der Waals surface area contributed by atoms with Gasteiger partial charge in [0, 0.05) is 23.0 Å². The molecule has 0 unspecified atom stereocenters. The third-order valence-electron chi connectivity index (χ3n) is 3.43. The maximum absolute atomic E-state index is 13.3. The summed E-state index contributed by atoms with van der Waals surface area (Å²) in [5, 5.41) is 20.6. The number of aliphatic carboxylic acids is 1. The molecule has 2 rings (SSSR count). The lowest BCUT2D eigenvalue weighted by Crippen LogP contribution is -2.21. The SMILES string of the molecule is N=C(N)Nc1cccc(C(=O)Nc2ccc(/C=C/C(=O)O)c(C(F)(F)F)c2)c1. The minimum Gasteiger partial charge on any atom is -0.478 e. The number of hydrogen-bond donors (Lipinski definition) is 5. The van der Waals surface area contributed by atoms with Crippen molar-refractivity contribution in [2.75, 3.05) is 10.6 Å². The van der Waals surface area contributed by atoms with Crippen molar-refractivity contribution < 1.29 is 27.9 Å². The summed E-state index contributed by atoms with van der Waals surface area (Å²) in [6.45, 7) is 0. The number of halogens is 3. The first kappa shape index (κ1) is 20.5. The molecule has 0 spiro atoms. The predicted molar refractivity (Wildman–Crippen MR) is 98.0 cm³/mol. The molecule has 0 bridgehead atoms. The molecule has 2 aromatic carbocycles. The quantitative estimate of drug-likeness (QED) is 0.303. The van der Waals surface area contributed by atoms with E-state index in [9.17, 15) is 22.8 Å². The van der Waals surface area contributed by atoms with Crippen molar-refractivity contribution in [3.8, 4) is 0 Å². The highest BCUT2D eigenvalue weighted by atomic mass is 19.4. The normalized spacial score (nSPS) is 11.2. The second-order valence-electron chi connectivity index (χ2n) is 5.54. The predicted octanol–water partition coefficient (Wildman–Crippen LogP) is 3.36. The van der Waals surface area contributed by atoms with E-state index in [1.165, 1.54) is 24.3 Å². The maximum Gasteiger partial charge on any atom is 0.417 e. The fourth-order valence-electron chi connectivity index (χ4n) is 2.28. The largest absolute Gasteiger partial charge is 0.478 e. The van der Waals surface area contributed by atoms with Crippen LogP contribution in [-0.4, -0.2) is 22.9 Å². The lowest BCUT2D eigenvalue weighted by Gasteiger charge is -2.13. The monoisotopic (exact) mass is 392 g/mol. The minimum absolute atomic E-state index is 0.116. The molecule has 0 fully saturated rings. The van der Waals surface area contributed by atoms with Crippen LogP contribution in [0.15, 0.2) is 48.5 Å². The van der Waals surface area contributed by atoms with E-state index >= 15 is 0 Å². The lowest BCUT2D eigenvalue weighted by molar-refractivity contribution is -0.137. The number of carbonyl (C=O) groups is 2. The van der Waals surface area contributed by atoms with Gasteiger partial charge in [-0.3, -0.25) is 10.2 Å². The van der Waals surface area contributed by atoms with Crippen LogP contribution in [0.25, 0.3) is 6.08 Å². The first-order valence-corrected chi connectivity index (χ1v) is 7.71. The minimum atomic E-state index is -4.75. The Morgan fingerprint density at radius 3 is 2.36 bits per heavy atom. The maximum atomic E-state index is 13.3. The van der Waals surface area contributed by atoms with Crippen LogP contribution in [-0.2, 0) is 11.0 Å². The van der Waals surface area contributed by atoms with Crippen LogP contribution >= 0.6 is 0 Å². The Kier molecular flexibility index (Phi) is 6.04. The molecule has 0 atom stereocenters. The summed E-state index contributed by atoms with van der Waals surface area (Å²) < 4.78 is 39.8. The van der Waals surface area contributed by atoms with Gasteiger partial charge in [-0.1, -0.05) is 12.1 Å². The van der Waals surface area contributed by atoms with Gasteiger partial charge in [-0.2, -0.15) is 13.2 Å². The van der Waals surface area contributed by atoms with Gasteiger partial charge < -0.3 is 21.5 Å². The molecule has 0 saturated carbocycles. The van der Waals surface area contributed by atoms with E-state index in [1.54, 1.807) is 6.07 Å². The molecule has 0 aromatic heterocycles. The van der Waals surface area contributed by atoms with Gasteiger partial charge in [-0.05, 0) is 42.0 Å². The van der Waals surface area contributed by atoms with Gasteiger partial charge in [0.05, 0.1) is 5.56 Å². The Morgan fingerprint density at radius 2 is 1.75 bits per heavy atom. The van der Waals surface area contributed by atoms with Crippen LogP contribution in [0.4, 0.5) is 24.5 Å². The highest BCUT2D eigenvalue weighted by molar-refractivity contribution is 6.05. The molecule has 0 heterocycles. The fraction of sp³-hybridized carbons (Fsp3) is 0.0556. The number of carbonyl (C=O) groups excluding carboxylic acids is 1. The summed E-state index contributed by atoms with van der Waals surface area (Å²) >= 11 is 0. The second-order valence-corrected chi connectivity index (χ2v) is 5.54. The second kappa shape index (κ2) is 8.25. The molecule has 0 aliphatic carbocycles. The van der Waals surface area contributed by atoms with Crippen molar-refractivity contribution in [3.05, 3.63) is 65.2 Å². The van der Waals surface area contributed by atoms with Gasteiger partial charge in [0.1, 0.15) is 0 Å². The molecule has 0 saturated heterocycles. The molecule has 1 amide bonds. The van der Waals surface area contributed by atoms with Gasteiger partial charge in [0.2, 0.25) is 0 Å². The number of nitrogens with one attached hydrogen (secondary N) is 3. The zero-order valence-electron chi connectivity index (χ0n) is 14.2. The Morgan fingerprint density at radius 1 is 1.07 bits per heavy atom. The van der Waals surface area contributed by atoms with Crippen LogP contribution in [0.2, 0.25) is 0 Å². The number of hydrogen-bond acceptors (Lipinski definition) is 3. The molecular formula is C18H15F3N4O3. The zero-order valence-corrected chi connectivity index (χ0v) is 14.2. The molecule has 10 heteroatoms. The van der Waals surface area contributed by atoms with Gasteiger partial charge in [-0.15, -0.1) is 0 Å². The van der Waals surface area contributed by atoms with Crippen LogP contribution in [0.3, 0.4) is 0 Å². The lowest BCUT2D eigenvalue weighted by atomic mass is 10.0. The average Bonchev–Trinajstić information content (AvgIpc) is 2.59. The van der Waals surface area contributed by atoms with Gasteiger partial charge >= 0.3 is 12.1 Å². The number of alkyl halides is 3. The molecule has 2 aromatic rings. The summed E-state index contributed by atoms with van der Waals surface area (Å²) in [5.41, 5.74) is 4.16. The smallest absolute Gasteiger partial charge is 0.417 e. The number of carboxylic acids is 1. The number of benzene rings is 2. The Bertz CT molecular complexity index is 955. The number of anilines is 2. The van der Waals surface area contributed by atoms with Crippen molar-refractivity contribution in [2.24, 2.45) is 5.73 Å². The summed E-state index contributed by atoms with van der Waals surface area (Å²) in [6, 6.07) is 8.90. The first-order chi connectivity index (χ1) is 13.1. The van der Waals surface area contributed by atoms with Crippen molar-refractivity contribution in [2.45, 2.75) is 6.18 Å². The summed E-state index contributed by atoms with van der Waals surface area (Å²) in [6.07, 6.45) is -3.33. The van der Waals surface area contributed by atoms with Crippen molar-refractivity contribution in [1.29, 1.82) is 5.41 Å². The van der Waals surface area contributed by atoms with Crippen LogP contribution in [0.1, 0.15) is 21.5 Å². The van der Waals surface area contributed by atoms with E-state index in [2.05, 4.69) is 10.6 Å². The van der Waals surface area contributed by atoms with E-state index in [0.717, 1.165) is 18.2 Å². The molecule has 146 valence electrons. The van der Waals surface area contributed by atoms with Crippen LogP contribution < -0.4 is 16.4 Å². The summed E-state index contributed by atoms with van der Waals surface area (Å²) in [7, 11) is 0. The van der Waals surface area contributed by atoms with Crippen molar-refractivity contribution in [3.63, 3.8) is 0 Å². The van der Waals surface area contributed by atoms with Crippen LogP contribution in [0.5, 0.6) is 0 Å². The third-order valence-corrected chi connectivity index (χ3v) is 3.43. The van der Waals surface area contributed by atoms with Crippen molar-refractivity contribution in [1.82, 2.24) is 0 Å². The van der Waals surface area contributed by atoms with E-state index in [1.807, 2.05) is 0 Å². The van der Waals surface area contributed by atoms with Gasteiger partial charge in [-0.25, -0.2) is 4.79 Å². The van der Waals surface area contributed by atoms with E-state index < -0.39 is 23.6 Å². The number of carboxylic acid groups (broad SMARTS) is 1. The molecule has 0 aliphatic rings. The third kappa shape index (κ3) is 5.59. The van der Waals surface area contributed by atoms with E-state index in [-0.39, 0.29) is 22.8 Å². The fourth-order valence-corrected chi connectivity index (χ4v) is 2.28. The standard InChI is InChI=1S/C18H15F3N4O3/c19-18(20,21)14-9-13(6-4-10(14)5-7-15(26)27)24-16(28)11-2-1-3-12(8-11)25-17(22)23/h1-9H,(H,24,28)(H,26,27)(H4,22,23,25)/b7-5+. The highest BCUT2D eigenvalue weighted by Crippen LogP contribution is 2.34. The van der Waals surface area contributed by atoms with Gasteiger partial charge in [0.25, 0.3) is 5.91 Å². The summed E-state index contributed by atoms with van der Waals surface area (Å²) in [4.78, 5) is 22.9. The first-order valence-electron chi connectivity index (χ1n) is 7.71. The topological polar surface area (TPSA) is 128 Å². The number of amides is 1.